The van der Waals surface area contributed by atoms with Gasteiger partial charge in [0.1, 0.15) is 0 Å². The minimum atomic E-state index is -0.542. The Morgan fingerprint density at radius 2 is 1.29 bits per heavy atom. The summed E-state index contributed by atoms with van der Waals surface area (Å²) in [4.78, 5) is 0. The van der Waals surface area contributed by atoms with Crippen LogP contribution in [0.4, 0.5) is 0 Å². The fourth-order valence-corrected chi connectivity index (χ4v) is 0.907. The molecule has 0 aliphatic heterocycles. The van der Waals surface area contributed by atoms with Crippen molar-refractivity contribution in [2.75, 3.05) is 13.2 Å². The number of hydrogen-bond donors (Lipinski definition) is 0. The second-order valence-corrected chi connectivity index (χ2v) is 3.88. The summed E-state index contributed by atoms with van der Waals surface area (Å²) in [7, 11) is 0. The largest absolute Gasteiger partial charge is 0.344 e. The highest BCUT2D eigenvalue weighted by atomic mass is 16.8. The van der Waals surface area contributed by atoms with E-state index in [9.17, 15) is 0 Å². The van der Waals surface area contributed by atoms with Crippen LogP contribution in [0, 0.1) is 0 Å². The van der Waals surface area contributed by atoms with Gasteiger partial charge in [-0.2, -0.15) is 0 Å². The average molecular weight is 238 g/mol. The van der Waals surface area contributed by atoms with Crippen LogP contribution >= 0.6 is 0 Å². The Bertz CT molecular complexity index is 253. The molecule has 0 bridgehead atoms. The zero-order valence-corrected chi connectivity index (χ0v) is 10.8. The first kappa shape index (κ1) is 15.8. The first-order chi connectivity index (χ1) is 7.99. The summed E-state index contributed by atoms with van der Waals surface area (Å²) in [5.74, 6) is 0. The zero-order chi connectivity index (χ0) is 13.3. The molecule has 0 aliphatic carbocycles. The predicted octanol–water partition coefficient (Wildman–Crippen LogP) is 3.21. The van der Waals surface area contributed by atoms with E-state index in [0.717, 1.165) is 11.1 Å². The van der Waals surface area contributed by atoms with Gasteiger partial charge in [-0.05, 0) is 26.0 Å². The third-order valence-electron chi connectivity index (χ3n) is 1.64. The molecule has 0 fully saturated rings. The van der Waals surface area contributed by atoms with Crippen LogP contribution in [0.3, 0.4) is 0 Å². The molecule has 0 spiro atoms. The molecule has 0 rings (SSSR count). The summed E-state index contributed by atoms with van der Waals surface area (Å²) >= 11 is 0. The molecule has 2 unspecified atom stereocenters. The molecular formula is C14H22O3. The van der Waals surface area contributed by atoms with Crippen molar-refractivity contribution < 1.29 is 14.2 Å². The molecule has 3 nitrogen and oxygen atoms in total. The van der Waals surface area contributed by atoms with E-state index in [4.69, 9.17) is 14.2 Å². The van der Waals surface area contributed by atoms with Crippen molar-refractivity contribution in [2.45, 2.75) is 26.4 Å². The third kappa shape index (κ3) is 8.63. The van der Waals surface area contributed by atoms with Crippen LogP contribution in [0.2, 0.25) is 0 Å². The first-order valence-corrected chi connectivity index (χ1v) is 5.42. The maximum Gasteiger partial charge on any atom is 0.180 e. The second-order valence-electron chi connectivity index (χ2n) is 3.88. The lowest BCUT2D eigenvalue weighted by Crippen LogP contribution is -2.24. The van der Waals surface area contributed by atoms with Crippen molar-refractivity contribution in [2.24, 2.45) is 0 Å². The maximum absolute atomic E-state index is 5.49. The minimum Gasteiger partial charge on any atom is -0.344 e. The fourth-order valence-electron chi connectivity index (χ4n) is 0.907. The highest BCUT2D eigenvalue weighted by Gasteiger charge is 2.12. The van der Waals surface area contributed by atoms with E-state index in [1.807, 2.05) is 13.8 Å². The van der Waals surface area contributed by atoms with Gasteiger partial charge in [0.25, 0.3) is 0 Å². The van der Waals surface area contributed by atoms with Crippen LogP contribution in [0.25, 0.3) is 0 Å². The minimum absolute atomic E-state index is 0.418. The topological polar surface area (TPSA) is 27.7 Å². The molecule has 17 heavy (non-hydrogen) atoms. The average Bonchev–Trinajstić information content (AvgIpc) is 2.27. The van der Waals surface area contributed by atoms with Crippen LogP contribution < -0.4 is 0 Å². The summed E-state index contributed by atoms with van der Waals surface area (Å²) in [6.45, 7) is 19.3. The predicted molar refractivity (Wildman–Crippen MR) is 70.6 cm³/mol. The van der Waals surface area contributed by atoms with Gasteiger partial charge in [0.2, 0.25) is 0 Å². The van der Waals surface area contributed by atoms with E-state index in [2.05, 4.69) is 26.3 Å². The Morgan fingerprint density at radius 1 is 0.941 bits per heavy atom. The second kappa shape index (κ2) is 8.93. The van der Waals surface area contributed by atoms with E-state index in [1.54, 1.807) is 12.2 Å². The van der Waals surface area contributed by atoms with Crippen molar-refractivity contribution >= 4 is 0 Å². The van der Waals surface area contributed by atoms with Crippen molar-refractivity contribution in [1.82, 2.24) is 0 Å². The number of rotatable bonds is 10. The van der Waals surface area contributed by atoms with Gasteiger partial charge in [-0.15, -0.1) is 0 Å². The van der Waals surface area contributed by atoms with Gasteiger partial charge < -0.3 is 14.2 Å². The quantitative estimate of drug-likeness (QED) is 0.432. The normalized spacial score (nSPS) is 13.8. The summed E-state index contributed by atoms with van der Waals surface area (Å²) in [5, 5.41) is 0. The Labute approximate surface area is 104 Å². The molecule has 96 valence electrons. The molecule has 0 saturated heterocycles. The van der Waals surface area contributed by atoms with E-state index in [1.165, 1.54) is 0 Å². The third-order valence-corrected chi connectivity index (χ3v) is 1.64. The lowest BCUT2D eigenvalue weighted by molar-refractivity contribution is -0.201. The van der Waals surface area contributed by atoms with Crippen molar-refractivity contribution in [3.05, 3.63) is 49.6 Å². The van der Waals surface area contributed by atoms with Crippen LogP contribution in [-0.2, 0) is 14.2 Å². The molecule has 0 heterocycles. The van der Waals surface area contributed by atoms with Gasteiger partial charge in [0, 0.05) is 0 Å². The fraction of sp³-hybridized carbons (Fsp3) is 0.429. The van der Waals surface area contributed by atoms with E-state index in [-0.39, 0.29) is 0 Å². The first-order valence-electron chi connectivity index (χ1n) is 5.42. The van der Waals surface area contributed by atoms with Crippen molar-refractivity contribution in [3.63, 3.8) is 0 Å². The van der Waals surface area contributed by atoms with Crippen LogP contribution in [-0.4, -0.2) is 25.8 Å². The lowest BCUT2D eigenvalue weighted by atomic mass is 10.4. The molecular weight excluding hydrogens is 216 g/mol. The molecule has 0 saturated carbocycles. The number of hydrogen-bond acceptors (Lipinski definition) is 3. The van der Waals surface area contributed by atoms with Crippen LogP contribution in [0.1, 0.15) is 13.8 Å². The summed E-state index contributed by atoms with van der Waals surface area (Å²) in [6.07, 6.45) is 2.03. The molecule has 0 radical (unpaired) electrons. The van der Waals surface area contributed by atoms with E-state index in [0.29, 0.717) is 13.2 Å². The molecule has 2 atom stereocenters. The van der Waals surface area contributed by atoms with Gasteiger partial charge in [0.15, 0.2) is 12.6 Å². The van der Waals surface area contributed by atoms with Crippen molar-refractivity contribution in [1.29, 1.82) is 0 Å². The highest BCUT2D eigenvalue weighted by Crippen LogP contribution is 2.07. The smallest absolute Gasteiger partial charge is 0.180 e. The molecule has 0 aromatic carbocycles. The molecule has 0 N–H and O–H groups in total. The van der Waals surface area contributed by atoms with Gasteiger partial charge in [-0.25, -0.2) is 0 Å². The van der Waals surface area contributed by atoms with E-state index < -0.39 is 12.6 Å². The lowest BCUT2D eigenvalue weighted by Gasteiger charge is -2.21. The monoisotopic (exact) mass is 238 g/mol. The van der Waals surface area contributed by atoms with Gasteiger partial charge >= 0.3 is 0 Å². The molecule has 3 heteroatoms. The summed E-state index contributed by atoms with van der Waals surface area (Å²) < 4.78 is 16.3. The number of ether oxygens (including phenoxy) is 3. The molecule has 0 amide bonds. The standard InChI is InChI=1S/C14H22O3/c1-7-13(15-9-11(3)4)17-14(8-2)16-10-12(5)6/h7-8,13-14H,1-3,5,9-10H2,4,6H3. The van der Waals surface area contributed by atoms with Gasteiger partial charge in [0.05, 0.1) is 13.2 Å². The zero-order valence-electron chi connectivity index (χ0n) is 10.8. The van der Waals surface area contributed by atoms with Crippen molar-refractivity contribution in [3.8, 4) is 0 Å². The molecule has 0 aromatic heterocycles. The Morgan fingerprint density at radius 3 is 1.53 bits per heavy atom. The summed E-state index contributed by atoms with van der Waals surface area (Å²) in [6, 6.07) is 0. The van der Waals surface area contributed by atoms with Crippen LogP contribution in [0.5, 0.6) is 0 Å². The van der Waals surface area contributed by atoms with Crippen LogP contribution in [0.15, 0.2) is 49.6 Å². The highest BCUT2D eigenvalue weighted by molar-refractivity contribution is 4.90. The van der Waals surface area contributed by atoms with Gasteiger partial charge in [-0.3, -0.25) is 0 Å². The molecule has 0 aliphatic rings. The Balaban J connectivity index is 4.11. The maximum atomic E-state index is 5.49. The Hall–Kier alpha value is -1.16. The molecule has 0 aromatic rings. The Kier molecular flexibility index (Phi) is 8.32. The summed E-state index contributed by atoms with van der Waals surface area (Å²) in [5.41, 5.74) is 1.83. The van der Waals surface area contributed by atoms with E-state index >= 15 is 0 Å². The SMILES string of the molecule is C=CC(OCC(=C)C)OC(C=C)OCC(=C)C. The van der Waals surface area contributed by atoms with Gasteiger partial charge in [-0.1, -0.05) is 37.5 Å².